The molecule has 0 radical (unpaired) electrons. The van der Waals surface area contributed by atoms with Gasteiger partial charge in [0.15, 0.2) is 5.58 Å². The van der Waals surface area contributed by atoms with E-state index in [1.165, 1.54) is 64.2 Å². The van der Waals surface area contributed by atoms with Gasteiger partial charge < -0.3 is 18.6 Å². The summed E-state index contributed by atoms with van der Waals surface area (Å²) >= 11 is 0. The number of pyridine rings is 1. The molecule has 0 unspecified atom stereocenters. The molecule has 0 saturated heterocycles. The first-order valence-electron chi connectivity index (χ1n) is 16.1. The van der Waals surface area contributed by atoms with Crippen molar-refractivity contribution in [1.29, 1.82) is 0 Å². The SMILES string of the molecule is COc1cccc(-c2cc3c(OCCCCCCCCCCCCCOC(C)(C)CCC(C)C)cncc3oc2=O)c1. The average molecular weight is 580 g/mol. The van der Waals surface area contributed by atoms with Crippen LogP contribution in [0.5, 0.6) is 11.5 Å². The van der Waals surface area contributed by atoms with Gasteiger partial charge >= 0.3 is 5.63 Å². The van der Waals surface area contributed by atoms with Crippen molar-refractivity contribution in [3.05, 3.63) is 53.1 Å². The molecule has 0 aliphatic carbocycles. The molecule has 0 saturated carbocycles. The number of ether oxygens (including phenoxy) is 3. The van der Waals surface area contributed by atoms with Gasteiger partial charge in [-0.3, -0.25) is 4.98 Å². The maximum Gasteiger partial charge on any atom is 0.344 e. The second-order valence-electron chi connectivity index (χ2n) is 12.5. The summed E-state index contributed by atoms with van der Waals surface area (Å²) in [5.74, 6) is 2.07. The predicted octanol–water partition coefficient (Wildman–Crippen LogP) is 9.76. The Kier molecular flexibility index (Phi) is 14.4. The molecular formula is C36H53NO5. The van der Waals surface area contributed by atoms with Crippen molar-refractivity contribution in [1.82, 2.24) is 4.98 Å². The van der Waals surface area contributed by atoms with E-state index in [9.17, 15) is 4.79 Å². The summed E-state index contributed by atoms with van der Waals surface area (Å²) in [7, 11) is 1.61. The first-order chi connectivity index (χ1) is 20.3. The van der Waals surface area contributed by atoms with Crippen molar-refractivity contribution < 1.29 is 18.6 Å². The maximum absolute atomic E-state index is 12.6. The molecule has 1 aromatic carbocycles. The highest BCUT2D eigenvalue weighted by molar-refractivity contribution is 5.86. The monoisotopic (exact) mass is 579 g/mol. The highest BCUT2D eigenvalue weighted by Gasteiger charge is 2.18. The van der Waals surface area contributed by atoms with Crippen LogP contribution in [0.3, 0.4) is 0 Å². The Morgan fingerprint density at radius 2 is 1.50 bits per heavy atom. The third kappa shape index (κ3) is 11.8. The van der Waals surface area contributed by atoms with Crippen molar-refractivity contribution in [2.75, 3.05) is 20.3 Å². The van der Waals surface area contributed by atoms with Gasteiger partial charge in [-0.15, -0.1) is 0 Å². The van der Waals surface area contributed by atoms with Crippen LogP contribution in [0.4, 0.5) is 0 Å². The highest BCUT2D eigenvalue weighted by atomic mass is 16.5. The molecular weight excluding hydrogens is 526 g/mol. The van der Waals surface area contributed by atoms with E-state index in [0.717, 1.165) is 42.7 Å². The Bertz CT molecular complexity index is 1250. The van der Waals surface area contributed by atoms with E-state index in [-0.39, 0.29) is 5.60 Å². The van der Waals surface area contributed by atoms with Crippen LogP contribution in [0.2, 0.25) is 0 Å². The van der Waals surface area contributed by atoms with E-state index in [1.54, 1.807) is 19.5 Å². The van der Waals surface area contributed by atoms with Crippen LogP contribution in [0.15, 0.2) is 51.9 Å². The number of aromatic nitrogens is 1. The zero-order valence-electron chi connectivity index (χ0n) is 26.7. The molecule has 2 aromatic heterocycles. The Morgan fingerprint density at radius 1 is 0.857 bits per heavy atom. The third-order valence-electron chi connectivity index (χ3n) is 7.87. The Hall–Kier alpha value is -2.86. The lowest BCUT2D eigenvalue weighted by Crippen LogP contribution is -2.25. The number of rotatable bonds is 21. The van der Waals surface area contributed by atoms with E-state index in [1.807, 2.05) is 30.3 Å². The van der Waals surface area contributed by atoms with Gasteiger partial charge in [0.1, 0.15) is 11.5 Å². The van der Waals surface area contributed by atoms with Gasteiger partial charge in [0, 0.05) is 6.61 Å². The number of fused-ring (bicyclic) bond motifs is 1. The van der Waals surface area contributed by atoms with Gasteiger partial charge in [0.2, 0.25) is 0 Å². The maximum atomic E-state index is 12.6. The van der Waals surface area contributed by atoms with Crippen molar-refractivity contribution in [3.63, 3.8) is 0 Å². The third-order valence-corrected chi connectivity index (χ3v) is 7.87. The van der Waals surface area contributed by atoms with Gasteiger partial charge in [-0.05, 0) is 69.2 Å². The molecule has 0 amide bonds. The average Bonchev–Trinajstić information content (AvgIpc) is 2.97. The lowest BCUT2D eigenvalue weighted by Gasteiger charge is -2.26. The molecule has 42 heavy (non-hydrogen) atoms. The molecule has 6 heteroatoms. The Morgan fingerprint density at radius 3 is 2.14 bits per heavy atom. The van der Waals surface area contributed by atoms with Crippen LogP contribution in [0.1, 0.15) is 111 Å². The van der Waals surface area contributed by atoms with Crippen molar-refractivity contribution in [2.24, 2.45) is 5.92 Å². The fourth-order valence-electron chi connectivity index (χ4n) is 5.16. The number of hydrogen-bond acceptors (Lipinski definition) is 6. The molecule has 0 spiro atoms. The van der Waals surface area contributed by atoms with Crippen LogP contribution < -0.4 is 15.1 Å². The fourth-order valence-corrected chi connectivity index (χ4v) is 5.16. The van der Waals surface area contributed by atoms with Crippen LogP contribution >= 0.6 is 0 Å². The first-order valence-corrected chi connectivity index (χ1v) is 16.1. The second-order valence-corrected chi connectivity index (χ2v) is 12.5. The summed E-state index contributed by atoms with van der Waals surface area (Å²) in [6, 6.07) is 9.23. The summed E-state index contributed by atoms with van der Waals surface area (Å²) in [5.41, 5.74) is 1.26. The molecule has 0 atom stereocenters. The predicted molar refractivity (Wildman–Crippen MR) is 173 cm³/mol. The van der Waals surface area contributed by atoms with Crippen molar-refractivity contribution in [3.8, 4) is 22.6 Å². The molecule has 0 bridgehead atoms. The minimum absolute atomic E-state index is 0.0185. The first kappa shape index (κ1) is 33.6. The highest BCUT2D eigenvalue weighted by Crippen LogP contribution is 2.29. The number of hydrogen-bond donors (Lipinski definition) is 0. The normalized spacial score (nSPS) is 11.9. The van der Waals surface area contributed by atoms with E-state index in [0.29, 0.717) is 29.3 Å². The van der Waals surface area contributed by atoms with Gasteiger partial charge in [0.25, 0.3) is 0 Å². The van der Waals surface area contributed by atoms with Crippen molar-refractivity contribution >= 4 is 11.0 Å². The molecule has 2 heterocycles. The molecule has 232 valence electrons. The molecule has 0 fully saturated rings. The van der Waals surface area contributed by atoms with Gasteiger partial charge in [-0.25, -0.2) is 4.79 Å². The number of benzene rings is 1. The quantitative estimate of drug-likeness (QED) is 0.117. The summed E-state index contributed by atoms with van der Waals surface area (Å²) in [5, 5.41) is 0.750. The summed E-state index contributed by atoms with van der Waals surface area (Å²) in [4.78, 5) is 16.8. The summed E-state index contributed by atoms with van der Waals surface area (Å²) in [6.07, 6.45) is 19.4. The minimum atomic E-state index is -0.406. The number of nitrogens with zero attached hydrogens (tertiary/aromatic N) is 1. The van der Waals surface area contributed by atoms with Crippen LogP contribution in [0.25, 0.3) is 22.1 Å². The lowest BCUT2D eigenvalue weighted by molar-refractivity contribution is -0.0282. The van der Waals surface area contributed by atoms with E-state index < -0.39 is 5.63 Å². The fraction of sp³-hybridized carbons (Fsp3) is 0.611. The number of unbranched alkanes of at least 4 members (excludes halogenated alkanes) is 10. The summed E-state index contributed by atoms with van der Waals surface area (Å²) < 4.78 is 23.1. The topological polar surface area (TPSA) is 70.8 Å². The zero-order chi connectivity index (χ0) is 30.2. The molecule has 3 rings (SSSR count). The number of methoxy groups -OCH3 is 1. The largest absolute Gasteiger partial charge is 0.497 e. The zero-order valence-corrected chi connectivity index (χ0v) is 26.7. The van der Waals surface area contributed by atoms with Crippen LogP contribution in [0, 0.1) is 5.92 Å². The van der Waals surface area contributed by atoms with E-state index in [2.05, 4.69) is 32.7 Å². The smallest absolute Gasteiger partial charge is 0.344 e. The lowest BCUT2D eigenvalue weighted by atomic mass is 9.97. The second kappa shape index (κ2) is 17.9. The molecule has 3 aromatic rings. The van der Waals surface area contributed by atoms with E-state index >= 15 is 0 Å². The molecule has 6 nitrogen and oxygen atoms in total. The minimum Gasteiger partial charge on any atom is -0.497 e. The van der Waals surface area contributed by atoms with Crippen LogP contribution in [-0.2, 0) is 4.74 Å². The van der Waals surface area contributed by atoms with Gasteiger partial charge in [-0.1, -0.05) is 83.8 Å². The molecule has 0 aliphatic heterocycles. The van der Waals surface area contributed by atoms with Gasteiger partial charge in [-0.2, -0.15) is 0 Å². The van der Waals surface area contributed by atoms with Gasteiger partial charge in [0.05, 0.1) is 42.7 Å². The molecule has 0 aliphatic rings. The Balaban J connectivity index is 1.26. The van der Waals surface area contributed by atoms with Crippen LogP contribution in [-0.4, -0.2) is 30.9 Å². The summed E-state index contributed by atoms with van der Waals surface area (Å²) in [6.45, 7) is 10.5. The standard InChI is InChI=1S/C36H53NO5/c1-28(2)20-21-36(3,4)41-23-16-14-12-10-8-6-7-9-11-13-15-22-40-33-26-37-27-34-32(33)25-31(35(38)42-34)29-18-17-19-30(24-29)39-5/h17-19,24-28H,6-16,20-23H2,1-5H3. The Labute approximate surface area is 253 Å². The van der Waals surface area contributed by atoms with E-state index in [4.69, 9.17) is 18.6 Å². The molecule has 0 N–H and O–H groups in total. The van der Waals surface area contributed by atoms with Crippen molar-refractivity contribution in [2.45, 2.75) is 117 Å².